The normalized spacial score (nSPS) is 11.0. The Kier molecular flexibility index (Phi) is 1.96. The maximum Gasteiger partial charge on any atom is 0.125 e. The minimum Gasteiger partial charge on any atom is -0.330 e. The van der Waals surface area contributed by atoms with Crippen LogP contribution in [0.2, 0.25) is 0 Å². The van der Waals surface area contributed by atoms with Gasteiger partial charge in [-0.1, -0.05) is 0 Å². The highest BCUT2D eigenvalue weighted by atomic mass is 35.5. The van der Waals surface area contributed by atoms with Gasteiger partial charge < -0.3 is 4.57 Å². The standard InChI is InChI=1S/C9H8ClFN2/c1-13-8-3-2-6(11)4-7(8)12-9(13)5-10/h2-4H,5H2,1H3. The Hall–Kier alpha value is -1.09. The van der Waals surface area contributed by atoms with Crippen molar-refractivity contribution in [2.45, 2.75) is 5.88 Å². The zero-order valence-electron chi connectivity index (χ0n) is 7.09. The highest BCUT2D eigenvalue weighted by molar-refractivity contribution is 6.16. The Morgan fingerprint density at radius 2 is 2.31 bits per heavy atom. The molecule has 68 valence electrons. The summed E-state index contributed by atoms with van der Waals surface area (Å²) in [6.07, 6.45) is 0. The van der Waals surface area contributed by atoms with Gasteiger partial charge in [0.05, 0.1) is 16.9 Å². The minimum atomic E-state index is -0.272. The maximum atomic E-state index is 12.8. The average Bonchev–Trinajstić information content (AvgIpc) is 2.42. The van der Waals surface area contributed by atoms with E-state index in [1.807, 2.05) is 11.6 Å². The lowest BCUT2D eigenvalue weighted by Gasteiger charge is -1.96. The summed E-state index contributed by atoms with van der Waals surface area (Å²) in [7, 11) is 1.87. The van der Waals surface area contributed by atoms with Crippen molar-refractivity contribution < 1.29 is 4.39 Å². The van der Waals surface area contributed by atoms with E-state index in [1.54, 1.807) is 6.07 Å². The Balaban J connectivity index is 2.76. The lowest BCUT2D eigenvalue weighted by molar-refractivity contribution is 0.629. The third kappa shape index (κ3) is 1.29. The van der Waals surface area contributed by atoms with Gasteiger partial charge >= 0.3 is 0 Å². The van der Waals surface area contributed by atoms with Crippen LogP contribution < -0.4 is 0 Å². The molecule has 0 saturated heterocycles. The Morgan fingerprint density at radius 3 is 3.00 bits per heavy atom. The van der Waals surface area contributed by atoms with Gasteiger partial charge in [-0.15, -0.1) is 11.6 Å². The number of alkyl halides is 1. The molecule has 4 heteroatoms. The molecule has 1 aromatic heterocycles. The number of imidazole rings is 1. The third-order valence-electron chi connectivity index (χ3n) is 2.06. The zero-order chi connectivity index (χ0) is 9.42. The van der Waals surface area contributed by atoms with Crippen molar-refractivity contribution in [1.82, 2.24) is 9.55 Å². The Labute approximate surface area is 80.0 Å². The fourth-order valence-corrected chi connectivity index (χ4v) is 1.58. The number of rotatable bonds is 1. The molecular formula is C9H8ClFN2. The average molecular weight is 199 g/mol. The SMILES string of the molecule is Cn1c(CCl)nc2cc(F)ccc21. The molecule has 1 aromatic carbocycles. The predicted octanol–water partition coefficient (Wildman–Crippen LogP) is 2.45. The van der Waals surface area contributed by atoms with Crippen LogP contribution in [0, 0.1) is 5.82 Å². The van der Waals surface area contributed by atoms with Crippen molar-refractivity contribution in [1.29, 1.82) is 0 Å². The van der Waals surface area contributed by atoms with E-state index >= 15 is 0 Å². The fourth-order valence-electron chi connectivity index (χ4n) is 1.34. The van der Waals surface area contributed by atoms with Crippen molar-refractivity contribution in [2.75, 3.05) is 0 Å². The fraction of sp³-hybridized carbons (Fsp3) is 0.222. The van der Waals surface area contributed by atoms with Gasteiger partial charge in [-0.05, 0) is 12.1 Å². The molecule has 0 aliphatic rings. The summed E-state index contributed by atoms with van der Waals surface area (Å²) in [6, 6.07) is 4.53. The molecule has 0 aliphatic carbocycles. The molecule has 0 N–H and O–H groups in total. The van der Waals surface area contributed by atoms with Crippen molar-refractivity contribution in [3.63, 3.8) is 0 Å². The van der Waals surface area contributed by atoms with E-state index in [-0.39, 0.29) is 5.82 Å². The van der Waals surface area contributed by atoms with Crippen molar-refractivity contribution in [3.8, 4) is 0 Å². The predicted molar refractivity (Wildman–Crippen MR) is 50.2 cm³/mol. The molecule has 0 aliphatic heterocycles. The molecule has 13 heavy (non-hydrogen) atoms. The van der Waals surface area contributed by atoms with Crippen molar-refractivity contribution in [2.24, 2.45) is 7.05 Å². The number of hydrogen-bond acceptors (Lipinski definition) is 1. The second-order valence-electron chi connectivity index (χ2n) is 2.85. The zero-order valence-corrected chi connectivity index (χ0v) is 7.85. The lowest BCUT2D eigenvalue weighted by Crippen LogP contribution is -1.93. The number of benzene rings is 1. The van der Waals surface area contributed by atoms with Gasteiger partial charge in [0.2, 0.25) is 0 Å². The van der Waals surface area contributed by atoms with Crippen LogP contribution in [0.4, 0.5) is 4.39 Å². The van der Waals surface area contributed by atoms with Crippen LogP contribution in [0.5, 0.6) is 0 Å². The van der Waals surface area contributed by atoms with Gasteiger partial charge in [-0.3, -0.25) is 0 Å². The van der Waals surface area contributed by atoms with Crippen molar-refractivity contribution >= 4 is 22.6 Å². The van der Waals surface area contributed by atoms with Crippen LogP contribution in [0.25, 0.3) is 11.0 Å². The van der Waals surface area contributed by atoms with Gasteiger partial charge in [0, 0.05) is 13.1 Å². The van der Waals surface area contributed by atoms with E-state index in [2.05, 4.69) is 4.98 Å². The summed E-state index contributed by atoms with van der Waals surface area (Å²) in [5.41, 5.74) is 1.55. The van der Waals surface area contributed by atoms with Gasteiger partial charge in [-0.25, -0.2) is 9.37 Å². The molecule has 0 spiro atoms. The highest BCUT2D eigenvalue weighted by Gasteiger charge is 2.06. The molecule has 2 nitrogen and oxygen atoms in total. The molecule has 2 aromatic rings. The smallest absolute Gasteiger partial charge is 0.125 e. The van der Waals surface area contributed by atoms with Crippen LogP contribution in [0.1, 0.15) is 5.82 Å². The molecule has 2 rings (SSSR count). The van der Waals surface area contributed by atoms with Gasteiger partial charge in [0.15, 0.2) is 0 Å². The molecular weight excluding hydrogens is 191 g/mol. The Bertz CT molecular complexity index is 450. The van der Waals surface area contributed by atoms with E-state index in [4.69, 9.17) is 11.6 Å². The Morgan fingerprint density at radius 1 is 1.54 bits per heavy atom. The van der Waals surface area contributed by atoms with Crippen molar-refractivity contribution in [3.05, 3.63) is 29.8 Å². The van der Waals surface area contributed by atoms with E-state index in [9.17, 15) is 4.39 Å². The second kappa shape index (κ2) is 3.00. The summed E-state index contributed by atoms with van der Waals surface area (Å²) in [4.78, 5) is 4.18. The maximum absolute atomic E-state index is 12.8. The number of halogens is 2. The third-order valence-corrected chi connectivity index (χ3v) is 2.29. The van der Waals surface area contributed by atoms with Gasteiger partial charge in [0.25, 0.3) is 0 Å². The molecule has 0 amide bonds. The summed E-state index contributed by atoms with van der Waals surface area (Å²) in [5, 5.41) is 0. The molecule has 0 fully saturated rings. The number of aryl methyl sites for hydroxylation is 1. The topological polar surface area (TPSA) is 17.8 Å². The quantitative estimate of drug-likeness (QED) is 0.644. The van der Waals surface area contributed by atoms with Crippen LogP contribution in [0.3, 0.4) is 0 Å². The molecule has 0 radical (unpaired) electrons. The highest BCUT2D eigenvalue weighted by Crippen LogP contribution is 2.16. The largest absolute Gasteiger partial charge is 0.330 e. The monoisotopic (exact) mass is 198 g/mol. The van der Waals surface area contributed by atoms with E-state index in [0.717, 1.165) is 11.3 Å². The number of aromatic nitrogens is 2. The van der Waals surface area contributed by atoms with E-state index in [0.29, 0.717) is 11.4 Å². The molecule has 1 heterocycles. The van der Waals surface area contributed by atoms with E-state index in [1.165, 1.54) is 12.1 Å². The first-order chi connectivity index (χ1) is 6.22. The first-order valence-electron chi connectivity index (χ1n) is 3.89. The van der Waals surface area contributed by atoms with Crippen LogP contribution in [-0.2, 0) is 12.9 Å². The van der Waals surface area contributed by atoms with Gasteiger partial charge in [-0.2, -0.15) is 0 Å². The van der Waals surface area contributed by atoms with Crippen LogP contribution >= 0.6 is 11.6 Å². The first kappa shape index (κ1) is 8.51. The first-order valence-corrected chi connectivity index (χ1v) is 4.42. The number of hydrogen-bond donors (Lipinski definition) is 0. The molecule has 0 atom stereocenters. The summed E-state index contributed by atoms with van der Waals surface area (Å²) in [5.74, 6) is 0.821. The van der Waals surface area contributed by atoms with E-state index < -0.39 is 0 Å². The van der Waals surface area contributed by atoms with Crippen LogP contribution in [-0.4, -0.2) is 9.55 Å². The molecule has 0 saturated carbocycles. The van der Waals surface area contributed by atoms with Crippen LogP contribution in [0.15, 0.2) is 18.2 Å². The number of fused-ring (bicyclic) bond motifs is 1. The second-order valence-corrected chi connectivity index (χ2v) is 3.12. The summed E-state index contributed by atoms with van der Waals surface area (Å²) in [6.45, 7) is 0. The summed E-state index contributed by atoms with van der Waals surface area (Å²) >= 11 is 5.67. The molecule has 0 unspecified atom stereocenters. The van der Waals surface area contributed by atoms with Gasteiger partial charge in [0.1, 0.15) is 11.6 Å². The lowest BCUT2D eigenvalue weighted by atomic mass is 10.3. The summed E-state index contributed by atoms with van der Waals surface area (Å²) < 4.78 is 14.7. The molecule has 0 bridgehead atoms. The minimum absolute atomic E-state index is 0.272. The number of nitrogens with zero attached hydrogens (tertiary/aromatic N) is 2.